The van der Waals surface area contributed by atoms with Gasteiger partial charge in [-0.2, -0.15) is 0 Å². The maximum atomic E-state index is 12.5. The number of methoxy groups -OCH3 is 1. The van der Waals surface area contributed by atoms with E-state index in [1.54, 1.807) is 30.3 Å². The highest BCUT2D eigenvalue weighted by molar-refractivity contribution is 9.10. The zero-order valence-electron chi connectivity index (χ0n) is 15.0. The minimum absolute atomic E-state index is 0.336. The Balaban J connectivity index is 2.28. The Hall–Kier alpha value is -2.06. The molecule has 0 fully saturated rings. The summed E-state index contributed by atoms with van der Waals surface area (Å²) in [4.78, 5) is 12.5. The van der Waals surface area contributed by atoms with Crippen molar-refractivity contribution in [3.63, 3.8) is 0 Å². The second-order valence-electron chi connectivity index (χ2n) is 5.96. The number of amides is 1. The lowest BCUT2D eigenvalue weighted by molar-refractivity contribution is -0.114. The number of anilines is 2. The van der Waals surface area contributed by atoms with Crippen LogP contribution in [-0.4, -0.2) is 34.2 Å². The number of hydrogen-bond donors (Lipinski definition) is 1. The molecule has 0 saturated carbocycles. The average Bonchev–Trinajstić information content (AvgIpc) is 2.54. The second kappa shape index (κ2) is 8.09. The van der Waals surface area contributed by atoms with Crippen molar-refractivity contribution in [2.75, 3.05) is 29.5 Å². The van der Waals surface area contributed by atoms with Gasteiger partial charge in [0.25, 0.3) is 0 Å². The molecule has 0 aromatic heterocycles. The smallest absolute Gasteiger partial charge is 0.245 e. The number of benzene rings is 2. The number of carbonyl (C=O) groups excluding carboxylic acids is 1. The highest BCUT2D eigenvalue weighted by Crippen LogP contribution is 2.27. The van der Waals surface area contributed by atoms with Gasteiger partial charge in [0, 0.05) is 4.47 Å². The van der Waals surface area contributed by atoms with Crippen molar-refractivity contribution in [2.45, 2.75) is 13.8 Å². The zero-order valence-corrected chi connectivity index (χ0v) is 17.4. The van der Waals surface area contributed by atoms with E-state index in [0.29, 0.717) is 17.1 Å². The van der Waals surface area contributed by atoms with Gasteiger partial charge in [0.05, 0.1) is 24.7 Å². The van der Waals surface area contributed by atoms with Gasteiger partial charge >= 0.3 is 0 Å². The first kappa shape index (κ1) is 20.3. The van der Waals surface area contributed by atoms with Crippen LogP contribution < -0.4 is 14.4 Å². The predicted molar refractivity (Wildman–Crippen MR) is 107 cm³/mol. The van der Waals surface area contributed by atoms with Crippen LogP contribution >= 0.6 is 15.9 Å². The first-order valence-electron chi connectivity index (χ1n) is 7.80. The van der Waals surface area contributed by atoms with Crippen LogP contribution in [0.25, 0.3) is 0 Å². The molecule has 0 atom stereocenters. The van der Waals surface area contributed by atoms with Crippen molar-refractivity contribution in [2.24, 2.45) is 0 Å². The summed E-state index contributed by atoms with van der Waals surface area (Å²) in [6.07, 6.45) is 1.07. The molecule has 1 N–H and O–H groups in total. The van der Waals surface area contributed by atoms with E-state index in [1.165, 1.54) is 7.11 Å². The van der Waals surface area contributed by atoms with Gasteiger partial charge in [0.15, 0.2) is 0 Å². The Labute approximate surface area is 162 Å². The summed E-state index contributed by atoms with van der Waals surface area (Å²) in [7, 11) is -2.13. The maximum Gasteiger partial charge on any atom is 0.245 e. The van der Waals surface area contributed by atoms with E-state index in [-0.39, 0.29) is 6.54 Å². The fourth-order valence-corrected chi connectivity index (χ4v) is 3.52. The molecule has 26 heavy (non-hydrogen) atoms. The van der Waals surface area contributed by atoms with Crippen LogP contribution in [0.2, 0.25) is 0 Å². The van der Waals surface area contributed by atoms with Crippen LogP contribution in [-0.2, 0) is 14.8 Å². The monoisotopic (exact) mass is 440 g/mol. The van der Waals surface area contributed by atoms with Gasteiger partial charge in [-0.1, -0.05) is 22.0 Å². The lowest BCUT2D eigenvalue weighted by Gasteiger charge is -2.23. The van der Waals surface area contributed by atoms with E-state index < -0.39 is 15.9 Å². The third-order valence-corrected chi connectivity index (χ3v) is 5.78. The first-order chi connectivity index (χ1) is 12.1. The van der Waals surface area contributed by atoms with Crippen LogP contribution in [0.4, 0.5) is 11.4 Å². The van der Waals surface area contributed by atoms with Crippen LogP contribution in [0.3, 0.4) is 0 Å². The lowest BCUT2D eigenvalue weighted by Crippen LogP contribution is -2.37. The number of hydrogen-bond acceptors (Lipinski definition) is 4. The Morgan fingerprint density at radius 1 is 1.19 bits per heavy atom. The number of carbonyl (C=O) groups is 1. The standard InChI is InChI=1S/C18H21BrN2O4S/c1-12-5-8-17(25-3)16(9-12)20-18(22)11-21(26(4,23)24)14-6-7-15(19)13(2)10-14/h5-10H,11H2,1-4H3,(H,20,22). The number of halogens is 1. The molecule has 0 spiro atoms. The normalized spacial score (nSPS) is 11.1. The highest BCUT2D eigenvalue weighted by Gasteiger charge is 2.22. The van der Waals surface area contributed by atoms with Gasteiger partial charge < -0.3 is 10.1 Å². The number of nitrogens with one attached hydrogen (secondary N) is 1. The molecule has 0 aliphatic heterocycles. The number of aryl methyl sites for hydroxylation is 2. The molecule has 0 saturated heterocycles. The summed E-state index contributed by atoms with van der Waals surface area (Å²) in [6, 6.07) is 10.5. The van der Waals surface area contributed by atoms with E-state index in [2.05, 4.69) is 21.2 Å². The van der Waals surface area contributed by atoms with Gasteiger partial charge in [-0.25, -0.2) is 8.42 Å². The number of nitrogens with zero attached hydrogens (tertiary/aromatic N) is 1. The fraction of sp³-hybridized carbons (Fsp3) is 0.278. The quantitative estimate of drug-likeness (QED) is 0.745. The zero-order chi connectivity index (χ0) is 19.5. The Bertz CT molecular complexity index is 929. The summed E-state index contributed by atoms with van der Waals surface area (Å²) in [6.45, 7) is 3.41. The fourth-order valence-electron chi connectivity index (χ4n) is 2.42. The van der Waals surface area contributed by atoms with Crippen molar-refractivity contribution < 1.29 is 17.9 Å². The molecule has 2 rings (SSSR count). The van der Waals surface area contributed by atoms with E-state index in [9.17, 15) is 13.2 Å². The Kier molecular flexibility index (Phi) is 6.30. The van der Waals surface area contributed by atoms with Gasteiger partial charge in [-0.05, 0) is 55.3 Å². The Morgan fingerprint density at radius 2 is 1.88 bits per heavy atom. The van der Waals surface area contributed by atoms with Crippen LogP contribution in [0.5, 0.6) is 5.75 Å². The van der Waals surface area contributed by atoms with Crippen molar-refractivity contribution in [1.82, 2.24) is 0 Å². The highest BCUT2D eigenvalue weighted by atomic mass is 79.9. The van der Waals surface area contributed by atoms with Gasteiger partial charge in [-0.15, -0.1) is 0 Å². The first-order valence-corrected chi connectivity index (χ1v) is 10.4. The van der Waals surface area contributed by atoms with Crippen molar-refractivity contribution in [3.8, 4) is 5.75 Å². The molecule has 6 nitrogen and oxygen atoms in total. The molecule has 8 heteroatoms. The molecule has 1 amide bonds. The molecule has 0 radical (unpaired) electrons. The molecule has 0 unspecified atom stereocenters. The Morgan fingerprint density at radius 3 is 2.46 bits per heavy atom. The van der Waals surface area contributed by atoms with Crippen molar-refractivity contribution in [1.29, 1.82) is 0 Å². The van der Waals surface area contributed by atoms with Gasteiger partial charge in [0.1, 0.15) is 12.3 Å². The second-order valence-corrected chi connectivity index (χ2v) is 8.72. The number of sulfonamides is 1. The summed E-state index contributed by atoms with van der Waals surface area (Å²) in [5.74, 6) is 0.0502. The molecular weight excluding hydrogens is 420 g/mol. The van der Waals surface area contributed by atoms with Crippen molar-refractivity contribution in [3.05, 3.63) is 52.0 Å². The molecular formula is C18H21BrN2O4S. The third-order valence-electron chi connectivity index (χ3n) is 3.75. The summed E-state index contributed by atoms with van der Waals surface area (Å²) < 4.78 is 31.6. The molecule has 0 aliphatic carbocycles. The summed E-state index contributed by atoms with van der Waals surface area (Å²) in [5, 5.41) is 2.72. The van der Waals surface area contributed by atoms with Gasteiger partial charge in [-0.3, -0.25) is 9.10 Å². The third kappa shape index (κ3) is 4.98. The average molecular weight is 441 g/mol. The van der Waals surface area contributed by atoms with Gasteiger partial charge in [0.2, 0.25) is 15.9 Å². The molecule has 0 aliphatic rings. The summed E-state index contributed by atoms with van der Waals surface area (Å²) >= 11 is 3.39. The molecule has 2 aromatic carbocycles. The van der Waals surface area contributed by atoms with E-state index >= 15 is 0 Å². The maximum absolute atomic E-state index is 12.5. The van der Waals surface area contributed by atoms with Crippen LogP contribution in [0, 0.1) is 13.8 Å². The van der Waals surface area contributed by atoms with Crippen molar-refractivity contribution >= 4 is 43.2 Å². The van der Waals surface area contributed by atoms with Crippen LogP contribution in [0.15, 0.2) is 40.9 Å². The van der Waals surface area contributed by atoms with E-state index in [0.717, 1.165) is 26.2 Å². The van der Waals surface area contributed by atoms with E-state index in [1.807, 2.05) is 19.9 Å². The molecule has 2 aromatic rings. The topological polar surface area (TPSA) is 75.7 Å². The number of ether oxygens (including phenoxy) is 1. The molecule has 0 heterocycles. The largest absolute Gasteiger partial charge is 0.495 e. The predicted octanol–water partition coefficient (Wildman–Crippen LogP) is 3.48. The summed E-state index contributed by atoms with van der Waals surface area (Å²) in [5.41, 5.74) is 2.75. The molecule has 0 bridgehead atoms. The minimum Gasteiger partial charge on any atom is -0.495 e. The minimum atomic E-state index is -3.63. The SMILES string of the molecule is COc1ccc(C)cc1NC(=O)CN(c1ccc(Br)c(C)c1)S(C)(=O)=O. The van der Waals surface area contributed by atoms with Crippen LogP contribution in [0.1, 0.15) is 11.1 Å². The number of rotatable bonds is 6. The lowest BCUT2D eigenvalue weighted by atomic mass is 10.2. The van der Waals surface area contributed by atoms with E-state index in [4.69, 9.17) is 4.74 Å². The molecule has 140 valence electrons.